The lowest BCUT2D eigenvalue weighted by Crippen LogP contribution is -2.22. The number of rotatable bonds is 2. The summed E-state index contributed by atoms with van der Waals surface area (Å²) in [7, 11) is 0. The molecule has 1 unspecified atom stereocenters. The summed E-state index contributed by atoms with van der Waals surface area (Å²) in [5.74, 6) is 0.563. The van der Waals surface area contributed by atoms with Crippen LogP contribution in [0.3, 0.4) is 0 Å². The summed E-state index contributed by atoms with van der Waals surface area (Å²) < 4.78 is 0. The Kier molecular flexibility index (Phi) is 3.80. The highest BCUT2D eigenvalue weighted by Gasteiger charge is 2.09. The lowest BCUT2D eigenvalue weighted by molar-refractivity contribution is 0.490. The third-order valence-corrected chi connectivity index (χ3v) is 2.05. The van der Waals surface area contributed by atoms with Crippen molar-refractivity contribution < 1.29 is 0 Å². The molecule has 0 aliphatic carbocycles. The van der Waals surface area contributed by atoms with Crippen molar-refractivity contribution in [3.8, 4) is 0 Å². The van der Waals surface area contributed by atoms with Gasteiger partial charge in [0.05, 0.1) is 0 Å². The molecule has 4 nitrogen and oxygen atoms in total. The zero-order chi connectivity index (χ0) is 7.94. The van der Waals surface area contributed by atoms with Gasteiger partial charge in [-0.2, -0.15) is 0 Å². The van der Waals surface area contributed by atoms with Crippen molar-refractivity contribution in [2.75, 3.05) is 19.6 Å². The van der Waals surface area contributed by atoms with Crippen LogP contribution in [-0.4, -0.2) is 19.6 Å². The SMILES string of the molecule is [N-]=[N+]=NCC1CCCCNC1. The fourth-order valence-corrected chi connectivity index (χ4v) is 1.40. The van der Waals surface area contributed by atoms with Gasteiger partial charge in [0.2, 0.25) is 0 Å². The molecule has 0 radical (unpaired) electrons. The first kappa shape index (κ1) is 8.37. The van der Waals surface area contributed by atoms with Gasteiger partial charge >= 0.3 is 0 Å². The van der Waals surface area contributed by atoms with Crippen LogP contribution in [0.2, 0.25) is 0 Å². The minimum atomic E-state index is 0.563. The molecule has 0 aromatic carbocycles. The molecule has 0 aromatic heterocycles. The van der Waals surface area contributed by atoms with Gasteiger partial charge in [0.1, 0.15) is 0 Å². The van der Waals surface area contributed by atoms with E-state index in [1.165, 1.54) is 19.3 Å². The number of nitrogens with zero attached hydrogens (tertiary/aromatic N) is 3. The van der Waals surface area contributed by atoms with Crippen molar-refractivity contribution in [3.63, 3.8) is 0 Å². The van der Waals surface area contributed by atoms with Crippen molar-refractivity contribution in [1.29, 1.82) is 0 Å². The first-order valence-corrected chi connectivity index (χ1v) is 4.15. The average Bonchev–Trinajstić information content (AvgIpc) is 2.28. The molecular weight excluding hydrogens is 140 g/mol. The van der Waals surface area contributed by atoms with E-state index in [-0.39, 0.29) is 0 Å². The van der Waals surface area contributed by atoms with Crippen LogP contribution in [0.25, 0.3) is 10.4 Å². The summed E-state index contributed by atoms with van der Waals surface area (Å²) in [6.07, 6.45) is 3.72. The Labute approximate surface area is 66.6 Å². The van der Waals surface area contributed by atoms with Crippen molar-refractivity contribution in [3.05, 3.63) is 10.4 Å². The van der Waals surface area contributed by atoms with Gasteiger partial charge in [-0.15, -0.1) is 0 Å². The minimum Gasteiger partial charge on any atom is -0.316 e. The van der Waals surface area contributed by atoms with Gasteiger partial charge in [-0.3, -0.25) is 0 Å². The molecule has 0 bridgehead atoms. The fraction of sp³-hybridized carbons (Fsp3) is 1.00. The van der Waals surface area contributed by atoms with E-state index in [4.69, 9.17) is 5.53 Å². The highest BCUT2D eigenvalue weighted by atomic mass is 15.1. The lowest BCUT2D eigenvalue weighted by atomic mass is 10.0. The van der Waals surface area contributed by atoms with Crippen LogP contribution in [0, 0.1) is 5.92 Å². The second kappa shape index (κ2) is 4.99. The largest absolute Gasteiger partial charge is 0.316 e. The molecule has 1 N–H and O–H groups in total. The van der Waals surface area contributed by atoms with Crippen molar-refractivity contribution >= 4 is 0 Å². The molecule has 0 spiro atoms. The maximum atomic E-state index is 8.11. The number of hydrogen-bond acceptors (Lipinski definition) is 2. The second-order valence-corrected chi connectivity index (χ2v) is 2.98. The first-order valence-electron chi connectivity index (χ1n) is 4.15. The van der Waals surface area contributed by atoms with E-state index in [0.29, 0.717) is 12.5 Å². The van der Waals surface area contributed by atoms with Crippen molar-refractivity contribution in [2.24, 2.45) is 11.0 Å². The topological polar surface area (TPSA) is 60.8 Å². The van der Waals surface area contributed by atoms with E-state index in [0.717, 1.165) is 13.1 Å². The Morgan fingerprint density at radius 2 is 2.45 bits per heavy atom. The molecule has 4 heteroatoms. The Bertz CT molecular complexity index is 143. The standard InChI is InChI=1S/C7H14N4/c8-11-10-6-7-3-1-2-4-9-5-7/h7,9H,1-6H2. The summed E-state index contributed by atoms with van der Waals surface area (Å²) in [5.41, 5.74) is 8.11. The van der Waals surface area contributed by atoms with Gasteiger partial charge in [-0.1, -0.05) is 11.5 Å². The zero-order valence-corrected chi connectivity index (χ0v) is 6.66. The van der Waals surface area contributed by atoms with Crippen LogP contribution in [-0.2, 0) is 0 Å². The monoisotopic (exact) mass is 154 g/mol. The molecule has 0 aromatic rings. The summed E-state index contributed by atoms with van der Waals surface area (Å²) in [5, 5.41) is 6.90. The van der Waals surface area contributed by atoms with E-state index < -0.39 is 0 Å². The van der Waals surface area contributed by atoms with Gasteiger partial charge in [0, 0.05) is 11.5 Å². The predicted octanol–water partition coefficient (Wildman–Crippen LogP) is 1.69. The molecule has 0 amide bonds. The van der Waals surface area contributed by atoms with Crippen LogP contribution in [0.1, 0.15) is 19.3 Å². The third kappa shape index (κ3) is 3.25. The molecule has 1 rings (SSSR count). The normalized spacial score (nSPS) is 25.3. The predicted molar refractivity (Wildman–Crippen MR) is 44.2 cm³/mol. The molecule has 0 saturated carbocycles. The number of azide groups is 1. The summed E-state index contributed by atoms with van der Waals surface area (Å²) in [4.78, 5) is 2.76. The van der Waals surface area contributed by atoms with Gasteiger partial charge in [-0.05, 0) is 37.4 Å². The summed E-state index contributed by atoms with van der Waals surface area (Å²) in [6.45, 7) is 2.79. The Balaban J connectivity index is 2.24. The maximum Gasteiger partial charge on any atom is 0.0298 e. The van der Waals surface area contributed by atoms with E-state index in [1.807, 2.05) is 0 Å². The molecule has 62 valence electrons. The highest BCUT2D eigenvalue weighted by Crippen LogP contribution is 2.11. The molecule has 1 aliphatic heterocycles. The lowest BCUT2D eigenvalue weighted by Gasteiger charge is -2.09. The number of nitrogens with one attached hydrogen (secondary N) is 1. The second-order valence-electron chi connectivity index (χ2n) is 2.98. The van der Waals surface area contributed by atoms with Gasteiger partial charge in [0.25, 0.3) is 0 Å². The van der Waals surface area contributed by atoms with E-state index in [1.54, 1.807) is 0 Å². The van der Waals surface area contributed by atoms with Crippen molar-refractivity contribution in [2.45, 2.75) is 19.3 Å². The Hall–Kier alpha value is -0.730. The Morgan fingerprint density at radius 3 is 3.27 bits per heavy atom. The number of hydrogen-bond donors (Lipinski definition) is 1. The van der Waals surface area contributed by atoms with E-state index in [2.05, 4.69) is 15.3 Å². The van der Waals surface area contributed by atoms with Crippen LogP contribution in [0.5, 0.6) is 0 Å². The molecular formula is C7H14N4. The van der Waals surface area contributed by atoms with Crippen LogP contribution < -0.4 is 5.32 Å². The van der Waals surface area contributed by atoms with E-state index in [9.17, 15) is 0 Å². The molecule has 11 heavy (non-hydrogen) atoms. The van der Waals surface area contributed by atoms with Gasteiger partial charge < -0.3 is 5.32 Å². The third-order valence-electron chi connectivity index (χ3n) is 2.05. The summed E-state index contributed by atoms with van der Waals surface area (Å²) >= 11 is 0. The molecule has 1 saturated heterocycles. The maximum absolute atomic E-state index is 8.11. The molecule has 1 aliphatic rings. The zero-order valence-electron chi connectivity index (χ0n) is 6.66. The fourth-order valence-electron chi connectivity index (χ4n) is 1.40. The highest BCUT2D eigenvalue weighted by molar-refractivity contribution is 4.69. The minimum absolute atomic E-state index is 0.563. The van der Waals surface area contributed by atoms with Crippen LogP contribution in [0.4, 0.5) is 0 Å². The molecule has 1 heterocycles. The Morgan fingerprint density at radius 1 is 1.55 bits per heavy atom. The first-order chi connectivity index (χ1) is 5.43. The molecule has 1 fully saturated rings. The quantitative estimate of drug-likeness (QED) is 0.367. The smallest absolute Gasteiger partial charge is 0.0298 e. The average molecular weight is 154 g/mol. The van der Waals surface area contributed by atoms with Crippen LogP contribution in [0.15, 0.2) is 5.11 Å². The van der Waals surface area contributed by atoms with E-state index >= 15 is 0 Å². The van der Waals surface area contributed by atoms with Crippen molar-refractivity contribution in [1.82, 2.24) is 5.32 Å². The molecule has 1 atom stereocenters. The van der Waals surface area contributed by atoms with Gasteiger partial charge in [0.15, 0.2) is 0 Å². The van der Waals surface area contributed by atoms with Gasteiger partial charge in [-0.25, -0.2) is 0 Å². The van der Waals surface area contributed by atoms with Crippen LogP contribution >= 0.6 is 0 Å². The summed E-state index contributed by atoms with van der Waals surface area (Å²) in [6, 6.07) is 0.